The van der Waals surface area contributed by atoms with Gasteiger partial charge in [0.25, 0.3) is 5.91 Å². The smallest absolute Gasteiger partial charge is 0.324 e. The van der Waals surface area contributed by atoms with Gasteiger partial charge in [-0.25, -0.2) is 9.78 Å². The third-order valence-electron chi connectivity index (χ3n) is 5.19. The van der Waals surface area contributed by atoms with Crippen molar-refractivity contribution in [1.82, 2.24) is 20.5 Å². The largest absolute Gasteiger partial charge is 0.378 e. The van der Waals surface area contributed by atoms with Crippen molar-refractivity contribution >= 4 is 39.4 Å². The Morgan fingerprint density at radius 3 is 2.71 bits per heavy atom. The van der Waals surface area contributed by atoms with Crippen LogP contribution in [0.3, 0.4) is 0 Å². The number of aromatic nitrogens is 1. The summed E-state index contributed by atoms with van der Waals surface area (Å²) in [6.45, 7) is 1.90. The molecule has 2 fully saturated rings. The van der Waals surface area contributed by atoms with Gasteiger partial charge in [0, 0.05) is 19.1 Å². The third kappa shape index (κ3) is 4.00. The fourth-order valence-corrected chi connectivity index (χ4v) is 4.56. The molecule has 1 aliphatic heterocycles. The van der Waals surface area contributed by atoms with Gasteiger partial charge in [0.15, 0.2) is 5.01 Å². The second kappa shape index (κ2) is 8.24. The number of carbonyl (C=O) groups excluding carboxylic acids is 3. The van der Waals surface area contributed by atoms with Crippen molar-refractivity contribution in [1.29, 1.82) is 0 Å². The van der Waals surface area contributed by atoms with Crippen LogP contribution in [0.1, 0.15) is 29.1 Å². The van der Waals surface area contributed by atoms with Gasteiger partial charge in [-0.2, -0.15) is 0 Å². The number of urea groups is 1. The molecule has 148 valence electrons. The molecule has 2 unspecified atom stereocenters. The molecule has 4 rings (SSSR count). The Bertz CT molecular complexity index is 860. The van der Waals surface area contributed by atoms with Crippen molar-refractivity contribution in [3.63, 3.8) is 0 Å². The molecular weight excluding hydrogens is 380 g/mol. The maximum absolute atomic E-state index is 12.6. The lowest BCUT2D eigenvalue weighted by Crippen LogP contribution is -2.51. The zero-order valence-electron chi connectivity index (χ0n) is 15.3. The van der Waals surface area contributed by atoms with Crippen molar-refractivity contribution in [3.8, 4) is 0 Å². The number of imide groups is 1. The third-order valence-corrected chi connectivity index (χ3v) is 6.22. The molecule has 8 nitrogen and oxygen atoms in total. The highest BCUT2D eigenvalue weighted by Crippen LogP contribution is 2.27. The second-order valence-electron chi connectivity index (χ2n) is 7.00. The van der Waals surface area contributed by atoms with E-state index in [1.54, 1.807) is 4.90 Å². The van der Waals surface area contributed by atoms with E-state index in [4.69, 9.17) is 4.74 Å². The molecule has 2 N–H and O–H groups in total. The fraction of sp³-hybridized carbons (Fsp3) is 0.474. The summed E-state index contributed by atoms with van der Waals surface area (Å²) in [7, 11) is 0. The number of benzene rings is 1. The Labute approximate surface area is 166 Å². The average molecular weight is 402 g/mol. The Balaban J connectivity index is 1.37. The van der Waals surface area contributed by atoms with Crippen LogP contribution in [0, 0.1) is 5.92 Å². The van der Waals surface area contributed by atoms with Gasteiger partial charge in [-0.05, 0) is 25.0 Å². The molecule has 1 saturated heterocycles. The molecule has 9 heteroatoms. The van der Waals surface area contributed by atoms with E-state index in [1.807, 2.05) is 24.3 Å². The molecule has 0 spiro atoms. The first-order chi connectivity index (χ1) is 13.6. The lowest BCUT2D eigenvalue weighted by atomic mass is 10.0. The molecule has 4 amide bonds. The van der Waals surface area contributed by atoms with Crippen molar-refractivity contribution in [3.05, 3.63) is 29.3 Å². The van der Waals surface area contributed by atoms with E-state index in [0.717, 1.165) is 16.6 Å². The van der Waals surface area contributed by atoms with Crippen LogP contribution in [0.2, 0.25) is 0 Å². The number of amides is 4. The molecule has 1 aliphatic carbocycles. The second-order valence-corrected chi connectivity index (χ2v) is 8.03. The molecule has 1 aromatic heterocycles. The van der Waals surface area contributed by atoms with Gasteiger partial charge in [-0.15, -0.1) is 11.3 Å². The molecule has 2 atom stereocenters. The Morgan fingerprint density at radius 1 is 1.14 bits per heavy atom. The number of carbonyl (C=O) groups is 3. The normalized spacial score (nSPS) is 22.2. The highest BCUT2D eigenvalue weighted by molar-refractivity contribution is 7.20. The molecule has 2 heterocycles. The molecule has 0 bridgehead atoms. The number of nitrogens with zero attached hydrogens (tertiary/aromatic N) is 2. The molecule has 1 aromatic carbocycles. The predicted octanol–water partition coefficient (Wildman–Crippen LogP) is 1.76. The van der Waals surface area contributed by atoms with Gasteiger partial charge in [0.2, 0.25) is 5.91 Å². The van der Waals surface area contributed by atoms with Crippen molar-refractivity contribution < 1.29 is 19.1 Å². The molecule has 0 radical (unpaired) electrons. The summed E-state index contributed by atoms with van der Waals surface area (Å²) < 4.78 is 6.17. The monoisotopic (exact) mass is 402 g/mol. The highest BCUT2D eigenvalue weighted by atomic mass is 32.1. The summed E-state index contributed by atoms with van der Waals surface area (Å²) in [5, 5.41) is 5.81. The first-order valence-electron chi connectivity index (χ1n) is 9.46. The van der Waals surface area contributed by atoms with Crippen molar-refractivity contribution in [2.45, 2.75) is 25.3 Å². The zero-order chi connectivity index (χ0) is 19.5. The average Bonchev–Trinajstić information content (AvgIpc) is 3.35. The summed E-state index contributed by atoms with van der Waals surface area (Å²) in [6.07, 6.45) is 2.18. The minimum Gasteiger partial charge on any atom is -0.378 e. The number of morpholine rings is 1. The Kier molecular flexibility index (Phi) is 5.54. The van der Waals surface area contributed by atoms with E-state index in [0.29, 0.717) is 44.2 Å². The summed E-state index contributed by atoms with van der Waals surface area (Å²) in [5.74, 6) is -1.02. The molecular formula is C19H22N4O4S. The van der Waals surface area contributed by atoms with Gasteiger partial charge in [0.1, 0.15) is 0 Å². The van der Waals surface area contributed by atoms with E-state index in [2.05, 4.69) is 15.6 Å². The predicted molar refractivity (Wildman–Crippen MR) is 104 cm³/mol. The zero-order valence-corrected chi connectivity index (χ0v) is 16.2. The fourth-order valence-electron chi connectivity index (χ4n) is 3.69. The van der Waals surface area contributed by atoms with E-state index >= 15 is 0 Å². The number of hydrogen-bond donors (Lipinski definition) is 2. The van der Waals surface area contributed by atoms with Crippen LogP contribution in [0.15, 0.2) is 24.3 Å². The van der Waals surface area contributed by atoms with Gasteiger partial charge in [0.05, 0.1) is 29.3 Å². The minimum absolute atomic E-state index is 0.273. The summed E-state index contributed by atoms with van der Waals surface area (Å²) in [6, 6.07) is 6.89. The number of rotatable bonds is 3. The van der Waals surface area contributed by atoms with Crippen LogP contribution < -0.4 is 10.6 Å². The number of ether oxygens (including phenoxy) is 1. The molecule has 1 saturated carbocycles. The van der Waals surface area contributed by atoms with Crippen molar-refractivity contribution in [2.24, 2.45) is 5.92 Å². The van der Waals surface area contributed by atoms with E-state index in [9.17, 15) is 14.4 Å². The topological polar surface area (TPSA) is 101 Å². The highest BCUT2D eigenvalue weighted by Gasteiger charge is 2.36. The number of nitrogens with one attached hydrogen (secondary N) is 2. The SMILES string of the molecule is O=C(NC1CCCC1C(=O)NC(=O)N1CCOCC1)c1nc2ccccc2s1. The Hall–Kier alpha value is -2.52. The molecule has 2 aliphatic rings. The molecule has 28 heavy (non-hydrogen) atoms. The first-order valence-corrected chi connectivity index (χ1v) is 10.3. The molecule has 2 aromatic rings. The number of fused-ring (bicyclic) bond motifs is 1. The standard InChI is InChI=1S/C19H22N4O4S/c24-16(22-19(26)23-8-10-27-11-9-23)12-4-3-6-13(12)20-17(25)18-21-14-5-1-2-7-15(14)28-18/h1-2,5,7,12-13H,3-4,6,8-11H2,(H,20,25)(H,22,24,26). The maximum atomic E-state index is 12.6. The maximum Gasteiger partial charge on any atom is 0.324 e. The minimum atomic E-state index is -0.414. The summed E-state index contributed by atoms with van der Waals surface area (Å²) in [4.78, 5) is 43.4. The van der Waals surface area contributed by atoms with E-state index < -0.39 is 11.9 Å². The van der Waals surface area contributed by atoms with Gasteiger partial charge < -0.3 is 15.0 Å². The van der Waals surface area contributed by atoms with Gasteiger partial charge >= 0.3 is 6.03 Å². The number of thiazole rings is 1. The van der Waals surface area contributed by atoms with Crippen LogP contribution in [-0.2, 0) is 9.53 Å². The van der Waals surface area contributed by atoms with E-state index in [-0.39, 0.29) is 17.9 Å². The van der Waals surface area contributed by atoms with Gasteiger partial charge in [-0.1, -0.05) is 18.6 Å². The quantitative estimate of drug-likeness (QED) is 0.815. The van der Waals surface area contributed by atoms with E-state index in [1.165, 1.54) is 11.3 Å². The Morgan fingerprint density at radius 2 is 1.93 bits per heavy atom. The lowest BCUT2D eigenvalue weighted by Gasteiger charge is -2.27. The number of hydrogen-bond acceptors (Lipinski definition) is 6. The van der Waals surface area contributed by atoms with Crippen LogP contribution >= 0.6 is 11.3 Å². The van der Waals surface area contributed by atoms with Crippen LogP contribution in [0.4, 0.5) is 4.79 Å². The first kappa shape index (κ1) is 18.8. The van der Waals surface area contributed by atoms with Crippen LogP contribution in [-0.4, -0.2) is 60.1 Å². The summed E-state index contributed by atoms with van der Waals surface area (Å²) >= 11 is 1.33. The van der Waals surface area contributed by atoms with Crippen molar-refractivity contribution in [2.75, 3.05) is 26.3 Å². The summed E-state index contributed by atoms with van der Waals surface area (Å²) in [5.41, 5.74) is 0.787. The number of para-hydroxylation sites is 1. The lowest BCUT2D eigenvalue weighted by molar-refractivity contribution is -0.124. The van der Waals surface area contributed by atoms with Gasteiger partial charge in [-0.3, -0.25) is 14.9 Å². The van der Waals surface area contributed by atoms with Crippen LogP contribution in [0.25, 0.3) is 10.2 Å². The van der Waals surface area contributed by atoms with Crippen LogP contribution in [0.5, 0.6) is 0 Å².